The fraction of sp³-hybridized carbons (Fsp3) is 0.429. The molecule has 0 saturated carbocycles. The zero-order chi connectivity index (χ0) is 25.3. The van der Waals surface area contributed by atoms with E-state index in [4.69, 9.17) is 26.0 Å². The number of phosphoric acid groups is 3. The van der Waals surface area contributed by atoms with Crippen LogP contribution in [0, 0.1) is 11.8 Å². The van der Waals surface area contributed by atoms with E-state index in [1.807, 2.05) is 0 Å². The van der Waals surface area contributed by atoms with Gasteiger partial charge in [-0.15, -0.1) is 0 Å². The molecule has 0 spiro atoms. The number of rotatable bonds is 8. The molecular weight excluding hydrogens is 523 g/mol. The Balaban J connectivity index is 1.74. The lowest BCUT2D eigenvalue weighted by molar-refractivity contribution is -0.0421. The molecule has 34 heavy (non-hydrogen) atoms. The average molecular weight is 543 g/mol. The van der Waals surface area contributed by atoms with Gasteiger partial charge in [-0.25, -0.2) is 23.7 Å². The maximum Gasteiger partial charge on any atom is 0.490 e. The lowest BCUT2D eigenvalue weighted by Gasteiger charge is -2.19. The van der Waals surface area contributed by atoms with E-state index in [2.05, 4.69) is 35.0 Å². The first kappa shape index (κ1) is 26.9. The van der Waals surface area contributed by atoms with E-state index in [-0.39, 0.29) is 18.8 Å². The van der Waals surface area contributed by atoms with Gasteiger partial charge in [0.2, 0.25) is 0 Å². The van der Waals surface area contributed by atoms with Gasteiger partial charge in [0.25, 0.3) is 0 Å². The van der Waals surface area contributed by atoms with Gasteiger partial charge in [0, 0.05) is 12.6 Å². The number of ether oxygens (including phenoxy) is 1. The highest BCUT2D eigenvalue weighted by molar-refractivity contribution is 7.66. The van der Waals surface area contributed by atoms with Gasteiger partial charge in [-0.3, -0.25) is 4.52 Å². The Kier molecular flexibility index (Phi) is 7.98. The summed E-state index contributed by atoms with van der Waals surface area (Å²) in [4.78, 5) is 43.9. The largest absolute Gasteiger partial charge is 0.490 e. The molecule has 17 nitrogen and oxygen atoms in total. The maximum absolute atomic E-state index is 11.9. The average Bonchev–Trinajstić information content (AvgIpc) is 3.23. The third-order valence-electron chi connectivity index (χ3n) is 4.30. The number of aliphatic hydroxyl groups is 1. The summed E-state index contributed by atoms with van der Waals surface area (Å²) in [6, 6.07) is 0. The molecule has 3 heterocycles. The topological polar surface area (TPSA) is 272 Å². The Labute approximate surface area is 191 Å². The molecule has 0 bridgehead atoms. The second-order valence-corrected chi connectivity index (χ2v) is 11.2. The van der Waals surface area contributed by atoms with Crippen LogP contribution in [-0.4, -0.2) is 64.6 Å². The molecule has 20 heteroatoms. The van der Waals surface area contributed by atoms with Gasteiger partial charge in [0.05, 0.1) is 30.2 Å². The molecule has 9 N–H and O–H groups in total. The standard InChI is InChI=1S/C14H20N5O12P3/c15-3-1-2-8-5-19(14-12(8)13(16)17-7-18-14)11-4-9(20)10(29-11)6-28-33(24,25)31-34(26,27)30-32(21,22)23/h5,7,9-11,20H,3-4,6,15H2,(H,24,25)(H,26,27)(H2,16,17,18)(H2,21,22,23)/t9-,10?,11-/m1/s1. The molecule has 0 aromatic carbocycles. The van der Waals surface area contributed by atoms with Crippen molar-refractivity contribution in [2.45, 2.75) is 24.9 Å². The number of fused-ring (bicyclic) bond motifs is 1. The normalized spacial score (nSPS) is 24.4. The van der Waals surface area contributed by atoms with Crippen molar-refractivity contribution in [2.75, 3.05) is 18.9 Å². The summed E-state index contributed by atoms with van der Waals surface area (Å²) in [6.45, 7) is -0.723. The number of hydrogen-bond acceptors (Lipinski definition) is 12. The third-order valence-corrected chi connectivity index (χ3v) is 8.10. The van der Waals surface area contributed by atoms with Crippen LogP contribution < -0.4 is 11.5 Å². The van der Waals surface area contributed by atoms with Crippen molar-refractivity contribution in [3.05, 3.63) is 18.1 Å². The van der Waals surface area contributed by atoms with Crippen LogP contribution in [-0.2, 0) is 31.6 Å². The Morgan fingerprint density at radius 1 is 1.18 bits per heavy atom. The van der Waals surface area contributed by atoms with Gasteiger partial charge in [-0.1, -0.05) is 11.8 Å². The van der Waals surface area contributed by atoms with E-state index in [1.165, 1.54) is 10.9 Å². The zero-order valence-electron chi connectivity index (χ0n) is 16.9. The number of nitrogen functional groups attached to an aromatic ring is 1. The van der Waals surface area contributed by atoms with Crippen LogP contribution in [0.4, 0.5) is 5.82 Å². The predicted octanol–water partition coefficient (Wildman–Crippen LogP) is -0.685. The minimum Gasteiger partial charge on any atom is -0.390 e. The van der Waals surface area contributed by atoms with Crippen LogP contribution in [0.15, 0.2) is 12.5 Å². The number of hydrogen-bond donors (Lipinski definition) is 7. The molecule has 0 radical (unpaired) electrons. The van der Waals surface area contributed by atoms with Gasteiger partial charge in [0.15, 0.2) is 0 Å². The summed E-state index contributed by atoms with van der Waals surface area (Å²) in [6.07, 6.45) is -0.554. The van der Waals surface area contributed by atoms with Gasteiger partial charge in [-0.2, -0.15) is 8.62 Å². The van der Waals surface area contributed by atoms with E-state index >= 15 is 0 Å². The van der Waals surface area contributed by atoms with Crippen LogP contribution in [0.25, 0.3) is 11.0 Å². The first-order valence-corrected chi connectivity index (χ1v) is 13.7. The molecule has 1 aliphatic rings. The first-order valence-electron chi connectivity index (χ1n) is 9.13. The molecule has 3 rings (SSSR count). The van der Waals surface area contributed by atoms with E-state index < -0.39 is 48.5 Å². The van der Waals surface area contributed by atoms with Gasteiger partial charge in [0.1, 0.15) is 30.1 Å². The van der Waals surface area contributed by atoms with Crippen LogP contribution in [0.1, 0.15) is 18.2 Å². The van der Waals surface area contributed by atoms with Crippen LogP contribution in [0.3, 0.4) is 0 Å². The molecule has 3 unspecified atom stereocenters. The summed E-state index contributed by atoms with van der Waals surface area (Å²) < 4.78 is 52.9. The van der Waals surface area contributed by atoms with Crippen LogP contribution in [0.5, 0.6) is 0 Å². The molecule has 1 fully saturated rings. The van der Waals surface area contributed by atoms with Crippen LogP contribution in [0.2, 0.25) is 0 Å². The molecular formula is C14H20N5O12P3. The summed E-state index contributed by atoms with van der Waals surface area (Å²) in [5, 5.41) is 10.7. The molecule has 188 valence electrons. The summed E-state index contributed by atoms with van der Waals surface area (Å²) in [5.74, 6) is 5.66. The number of phosphoric ester groups is 1. The number of aliphatic hydroxyl groups excluding tert-OH is 1. The predicted molar refractivity (Wildman–Crippen MR) is 112 cm³/mol. The molecule has 0 amide bonds. The van der Waals surface area contributed by atoms with Crippen LogP contribution >= 0.6 is 23.5 Å². The second kappa shape index (κ2) is 10.1. The van der Waals surface area contributed by atoms with E-state index in [0.717, 1.165) is 0 Å². The van der Waals surface area contributed by atoms with E-state index in [9.17, 15) is 28.6 Å². The fourth-order valence-corrected chi connectivity index (χ4v) is 6.11. The van der Waals surface area contributed by atoms with Crippen molar-refractivity contribution in [2.24, 2.45) is 5.73 Å². The first-order chi connectivity index (χ1) is 15.7. The van der Waals surface area contributed by atoms with Crippen molar-refractivity contribution in [1.82, 2.24) is 14.5 Å². The van der Waals surface area contributed by atoms with Gasteiger partial charge < -0.3 is 45.5 Å². The van der Waals surface area contributed by atoms with E-state index in [0.29, 0.717) is 16.6 Å². The number of nitrogens with zero attached hydrogens (tertiary/aromatic N) is 3. The van der Waals surface area contributed by atoms with Crippen molar-refractivity contribution < 1.29 is 56.3 Å². The minimum absolute atomic E-state index is 0.0259. The zero-order valence-corrected chi connectivity index (χ0v) is 19.6. The third kappa shape index (κ3) is 6.69. The molecule has 1 aliphatic heterocycles. The Morgan fingerprint density at radius 2 is 1.88 bits per heavy atom. The Bertz CT molecular complexity index is 1270. The van der Waals surface area contributed by atoms with Crippen molar-refractivity contribution >= 4 is 40.3 Å². The maximum atomic E-state index is 11.9. The number of nitrogens with two attached hydrogens (primary N) is 2. The lowest BCUT2D eigenvalue weighted by Crippen LogP contribution is -2.26. The van der Waals surface area contributed by atoms with Gasteiger partial charge >= 0.3 is 23.5 Å². The Morgan fingerprint density at radius 3 is 2.53 bits per heavy atom. The van der Waals surface area contributed by atoms with E-state index in [1.54, 1.807) is 6.20 Å². The molecule has 0 aliphatic carbocycles. The molecule has 5 atom stereocenters. The lowest BCUT2D eigenvalue weighted by atomic mass is 10.2. The van der Waals surface area contributed by atoms with Crippen molar-refractivity contribution in [3.8, 4) is 11.8 Å². The van der Waals surface area contributed by atoms with Gasteiger partial charge in [-0.05, 0) is 0 Å². The minimum atomic E-state index is -5.67. The summed E-state index contributed by atoms with van der Waals surface area (Å²) >= 11 is 0. The highest BCUT2D eigenvalue weighted by Gasteiger charge is 2.43. The molecule has 2 aromatic heterocycles. The monoisotopic (exact) mass is 543 g/mol. The molecule has 1 saturated heterocycles. The Hall–Kier alpha value is -1.73. The number of anilines is 1. The molecule has 2 aromatic rings. The highest BCUT2D eigenvalue weighted by Crippen LogP contribution is 2.66. The van der Waals surface area contributed by atoms with Crippen molar-refractivity contribution in [3.63, 3.8) is 0 Å². The van der Waals surface area contributed by atoms with Crippen molar-refractivity contribution in [1.29, 1.82) is 0 Å². The second-order valence-electron chi connectivity index (χ2n) is 6.73. The quantitative estimate of drug-likeness (QED) is 0.160. The number of aromatic nitrogens is 3. The highest BCUT2D eigenvalue weighted by atomic mass is 31.3. The smallest absolute Gasteiger partial charge is 0.390 e. The summed E-state index contributed by atoms with van der Waals surface area (Å²) in [5.41, 5.74) is 12.1. The summed E-state index contributed by atoms with van der Waals surface area (Å²) in [7, 11) is -16.6. The SMILES string of the molecule is NCC#Cc1cn([C@H]2C[C@@H](O)C(COP(=O)(O)OP(=O)(O)OP(=O)(O)O)O2)c2ncnc(N)c12. The fourth-order valence-electron chi connectivity index (χ4n) is 3.08.